The van der Waals surface area contributed by atoms with Crippen LogP contribution < -0.4 is 0 Å². The summed E-state index contributed by atoms with van der Waals surface area (Å²) in [7, 11) is 0. The molecular formula is C19H18ClF2N5O. The van der Waals surface area contributed by atoms with E-state index in [2.05, 4.69) is 15.1 Å². The monoisotopic (exact) mass is 405 g/mol. The van der Waals surface area contributed by atoms with Gasteiger partial charge < -0.3 is 4.90 Å². The number of benzene rings is 1. The molecule has 0 aliphatic carbocycles. The van der Waals surface area contributed by atoms with Crippen molar-refractivity contribution in [3.05, 3.63) is 58.1 Å². The summed E-state index contributed by atoms with van der Waals surface area (Å²) < 4.78 is 30.6. The van der Waals surface area contributed by atoms with Gasteiger partial charge in [0.15, 0.2) is 0 Å². The average Bonchev–Trinajstić information content (AvgIpc) is 3.06. The fourth-order valence-electron chi connectivity index (χ4n) is 3.74. The van der Waals surface area contributed by atoms with Gasteiger partial charge in [0.2, 0.25) is 0 Å². The Hall–Kier alpha value is -2.61. The van der Waals surface area contributed by atoms with Crippen LogP contribution in [0.1, 0.15) is 39.6 Å². The van der Waals surface area contributed by atoms with Crippen molar-refractivity contribution in [1.29, 1.82) is 0 Å². The first-order valence-electron chi connectivity index (χ1n) is 8.83. The Bertz CT molecular complexity index is 1050. The number of aromatic nitrogens is 4. The number of rotatable bonds is 2. The molecule has 0 radical (unpaired) electrons. The second-order valence-corrected chi connectivity index (χ2v) is 7.69. The van der Waals surface area contributed by atoms with Gasteiger partial charge in [-0.15, -0.1) is 0 Å². The highest BCUT2D eigenvalue weighted by Gasteiger charge is 2.43. The summed E-state index contributed by atoms with van der Waals surface area (Å²) in [5.74, 6) is -3.72. The van der Waals surface area contributed by atoms with E-state index in [0.29, 0.717) is 27.8 Å². The molecule has 3 heterocycles. The molecule has 0 bridgehead atoms. The first-order chi connectivity index (χ1) is 13.2. The molecule has 9 heteroatoms. The number of fused-ring (bicyclic) bond motifs is 1. The highest BCUT2D eigenvalue weighted by molar-refractivity contribution is 6.31. The van der Waals surface area contributed by atoms with Gasteiger partial charge in [0, 0.05) is 35.2 Å². The molecule has 1 atom stereocenters. The number of piperidine rings is 1. The number of amides is 1. The van der Waals surface area contributed by atoms with Gasteiger partial charge in [0.25, 0.3) is 17.6 Å². The highest BCUT2D eigenvalue weighted by atomic mass is 35.5. The summed E-state index contributed by atoms with van der Waals surface area (Å²) in [5.41, 5.74) is 2.33. The summed E-state index contributed by atoms with van der Waals surface area (Å²) in [4.78, 5) is 22.4. The third-order valence-electron chi connectivity index (χ3n) is 4.81. The Balaban J connectivity index is 1.71. The van der Waals surface area contributed by atoms with Gasteiger partial charge in [-0.25, -0.2) is 18.3 Å². The zero-order valence-electron chi connectivity index (χ0n) is 15.4. The maximum absolute atomic E-state index is 14.6. The van der Waals surface area contributed by atoms with E-state index in [1.807, 2.05) is 0 Å². The van der Waals surface area contributed by atoms with E-state index in [1.54, 1.807) is 32.0 Å². The summed E-state index contributed by atoms with van der Waals surface area (Å²) in [6.45, 7) is 3.10. The lowest BCUT2D eigenvalue weighted by molar-refractivity contribution is -0.0641. The molecule has 1 fully saturated rings. The standard InChI is InChI=1S/C19H18ClF2N5O/c1-11-3-13(6-15(20)4-11)17(28)26-8-14(7-19(21,22)9-26)16-5-12(2)25-18-23-10-24-27(16)18/h3-6,10,14H,7-9H2,1-2H3. The van der Waals surface area contributed by atoms with E-state index in [0.717, 1.165) is 5.56 Å². The van der Waals surface area contributed by atoms with E-state index < -0.39 is 24.3 Å². The second-order valence-electron chi connectivity index (χ2n) is 7.25. The number of carbonyl (C=O) groups excluding carboxylic acids is 1. The molecule has 6 nitrogen and oxygen atoms in total. The van der Waals surface area contributed by atoms with Gasteiger partial charge in [0.05, 0.1) is 12.2 Å². The molecule has 1 aliphatic rings. The molecule has 28 heavy (non-hydrogen) atoms. The maximum Gasteiger partial charge on any atom is 0.266 e. The Morgan fingerprint density at radius 2 is 2.04 bits per heavy atom. The molecule has 1 aromatic carbocycles. The number of hydrogen-bond acceptors (Lipinski definition) is 4. The third kappa shape index (κ3) is 3.56. The predicted molar refractivity (Wildman–Crippen MR) is 99.9 cm³/mol. The third-order valence-corrected chi connectivity index (χ3v) is 5.03. The topological polar surface area (TPSA) is 63.4 Å². The number of likely N-dealkylation sites (tertiary alicyclic amines) is 1. The Morgan fingerprint density at radius 3 is 2.79 bits per heavy atom. The molecule has 1 aliphatic heterocycles. The lowest BCUT2D eigenvalue weighted by atomic mass is 9.91. The SMILES string of the molecule is Cc1cc(Cl)cc(C(=O)N2CC(c3cc(C)nc4ncnn34)CC(F)(F)C2)c1. The molecule has 1 amide bonds. The molecule has 0 N–H and O–H groups in total. The zero-order valence-corrected chi connectivity index (χ0v) is 16.1. The number of nitrogens with zero attached hydrogens (tertiary/aromatic N) is 5. The van der Waals surface area contributed by atoms with Crippen LogP contribution >= 0.6 is 11.6 Å². The van der Waals surface area contributed by atoms with Gasteiger partial charge >= 0.3 is 0 Å². The van der Waals surface area contributed by atoms with Crippen molar-refractivity contribution in [1.82, 2.24) is 24.5 Å². The molecule has 1 unspecified atom stereocenters. The van der Waals surface area contributed by atoms with Crippen LogP contribution in [0.3, 0.4) is 0 Å². The number of halogens is 3. The molecule has 0 spiro atoms. The zero-order chi connectivity index (χ0) is 20.1. The Kier molecular flexibility index (Phi) is 4.53. The smallest absolute Gasteiger partial charge is 0.266 e. The van der Waals surface area contributed by atoms with E-state index in [-0.39, 0.29) is 13.0 Å². The summed E-state index contributed by atoms with van der Waals surface area (Å²) >= 11 is 6.04. The number of carbonyl (C=O) groups is 1. The van der Waals surface area contributed by atoms with E-state index in [9.17, 15) is 13.6 Å². The molecular weight excluding hydrogens is 388 g/mol. The predicted octanol–water partition coefficient (Wildman–Crippen LogP) is 3.66. The van der Waals surface area contributed by atoms with E-state index in [1.165, 1.54) is 21.8 Å². The van der Waals surface area contributed by atoms with Crippen molar-refractivity contribution >= 4 is 23.3 Å². The molecule has 2 aromatic heterocycles. The van der Waals surface area contributed by atoms with Gasteiger partial charge in [-0.1, -0.05) is 11.6 Å². The minimum Gasteiger partial charge on any atom is -0.332 e. The maximum atomic E-state index is 14.6. The van der Waals surface area contributed by atoms with Crippen molar-refractivity contribution in [2.24, 2.45) is 0 Å². The summed E-state index contributed by atoms with van der Waals surface area (Å²) in [5, 5.41) is 4.51. The van der Waals surface area contributed by atoms with E-state index >= 15 is 0 Å². The first kappa shape index (κ1) is 18.7. The van der Waals surface area contributed by atoms with Crippen molar-refractivity contribution in [3.8, 4) is 0 Å². The van der Waals surface area contributed by atoms with Crippen LogP contribution in [0.2, 0.25) is 5.02 Å². The van der Waals surface area contributed by atoms with Crippen LogP contribution in [-0.2, 0) is 0 Å². The molecule has 0 saturated carbocycles. The fourth-order valence-corrected chi connectivity index (χ4v) is 4.03. The minimum atomic E-state index is -3.02. The van der Waals surface area contributed by atoms with Crippen molar-refractivity contribution in [3.63, 3.8) is 0 Å². The number of hydrogen-bond donors (Lipinski definition) is 0. The number of alkyl halides is 2. The summed E-state index contributed by atoms with van der Waals surface area (Å²) in [6, 6.07) is 6.60. The lowest BCUT2D eigenvalue weighted by Gasteiger charge is -2.37. The van der Waals surface area contributed by atoms with Crippen LogP contribution in [0.4, 0.5) is 8.78 Å². The van der Waals surface area contributed by atoms with Crippen molar-refractivity contribution in [2.45, 2.75) is 32.1 Å². The Morgan fingerprint density at radius 1 is 1.25 bits per heavy atom. The largest absolute Gasteiger partial charge is 0.332 e. The van der Waals surface area contributed by atoms with Gasteiger partial charge in [-0.2, -0.15) is 10.1 Å². The highest BCUT2D eigenvalue weighted by Crippen LogP contribution is 2.37. The molecule has 4 rings (SSSR count). The van der Waals surface area contributed by atoms with Crippen molar-refractivity contribution in [2.75, 3.05) is 13.1 Å². The average molecular weight is 406 g/mol. The number of aryl methyl sites for hydroxylation is 2. The molecule has 1 saturated heterocycles. The van der Waals surface area contributed by atoms with Crippen LogP contribution in [0, 0.1) is 13.8 Å². The normalized spacial score (nSPS) is 19.2. The summed E-state index contributed by atoms with van der Waals surface area (Å²) in [6.07, 6.45) is 0.966. The van der Waals surface area contributed by atoms with Crippen molar-refractivity contribution < 1.29 is 13.6 Å². The van der Waals surface area contributed by atoms with Gasteiger partial charge in [-0.05, 0) is 43.7 Å². The second kappa shape index (κ2) is 6.77. The quantitative estimate of drug-likeness (QED) is 0.652. The molecule has 3 aromatic rings. The van der Waals surface area contributed by atoms with Gasteiger partial charge in [-0.3, -0.25) is 4.79 Å². The first-order valence-corrected chi connectivity index (χ1v) is 9.21. The molecule has 146 valence electrons. The van der Waals surface area contributed by atoms with Crippen LogP contribution in [0.15, 0.2) is 30.6 Å². The fraction of sp³-hybridized carbons (Fsp3) is 0.368. The Labute approximate surface area is 165 Å². The minimum absolute atomic E-state index is 0.151. The van der Waals surface area contributed by atoms with Crippen LogP contribution in [-0.4, -0.2) is 49.4 Å². The van der Waals surface area contributed by atoms with Crippen LogP contribution in [0.25, 0.3) is 5.78 Å². The van der Waals surface area contributed by atoms with E-state index in [4.69, 9.17) is 11.6 Å². The van der Waals surface area contributed by atoms with Crippen LogP contribution in [0.5, 0.6) is 0 Å². The van der Waals surface area contributed by atoms with Gasteiger partial charge in [0.1, 0.15) is 6.33 Å². The lowest BCUT2D eigenvalue weighted by Crippen LogP contribution is -2.49.